The van der Waals surface area contributed by atoms with Crippen molar-refractivity contribution in [3.8, 4) is 0 Å². The van der Waals surface area contributed by atoms with E-state index < -0.39 is 10.0 Å². The summed E-state index contributed by atoms with van der Waals surface area (Å²) in [5, 5.41) is 1.86. The van der Waals surface area contributed by atoms with Crippen LogP contribution in [0.2, 0.25) is 0 Å². The quantitative estimate of drug-likeness (QED) is 0.802. The molecular formula is C8H11NO2S3. The molecule has 1 aromatic heterocycles. The van der Waals surface area contributed by atoms with E-state index in [1.807, 2.05) is 6.92 Å². The monoisotopic (exact) mass is 249 g/mol. The van der Waals surface area contributed by atoms with E-state index in [9.17, 15) is 8.42 Å². The Balaban J connectivity index is 2.33. The number of nitrogens with zero attached hydrogens (tertiary/aromatic N) is 1. The molecule has 0 aliphatic carbocycles. The summed E-state index contributed by atoms with van der Waals surface area (Å²) in [6.07, 6.45) is 0. The van der Waals surface area contributed by atoms with Gasteiger partial charge in [-0.15, -0.1) is 23.1 Å². The summed E-state index contributed by atoms with van der Waals surface area (Å²) in [5.74, 6) is 0.895. The maximum Gasteiger partial charge on any atom is 0.253 e. The van der Waals surface area contributed by atoms with Crippen LogP contribution in [0, 0.1) is 0 Å². The smallest absolute Gasteiger partial charge is 0.206 e. The first-order valence-electron chi connectivity index (χ1n) is 4.29. The molecule has 0 aromatic carbocycles. The predicted octanol–water partition coefficient (Wildman–Crippen LogP) is 1.83. The maximum absolute atomic E-state index is 12.0. The lowest BCUT2D eigenvalue weighted by Crippen LogP contribution is -2.32. The van der Waals surface area contributed by atoms with E-state index in [-0.39, 0.29) is 5.37 Å². The Morgan fingerprint density at radius 1 is 1.57 bits per heavy atom. The van der Waals surface area contributed by atoms with E-state index in [1.54, 1.807) is 33.6 Å². The summed E-state index contributed by atoms with van der Waals surface area (Å²) in [7, 11) is -3.21. The molecule has 2 rings (SSSR count). The van der Waals surface area contributed by atoms with Crippen molar-refractivity contribution in [2.24, 2.45) is 0 Å². The first-order valence-corrected chi connectivity index (χ1v) is 7.66. The summed E-state index contributed by atoms with van der Waals surface area (Å²) in [5.41, 5.74) is 0. The fourth-order valence-corrected chi connectivity index (χ4v) is 5.57. The topological polar surface area (TPSA) is 37.4 Å². The molecule has 1 aliphatic heterocycles. The molecule has 1 fully saturated rings. The molecule has 1 aromatic rings. The normalized spacial score (nSPS) is 24.2. The molecule has 1 atom stereocenters. The van der Waals surface area contributed by atoms with Gasteiger partial charge in [0.15, 0.2) is 0 Å². The number of thiophene rings is 1. The van der Waals surface area contributed by atoms with E-state index in [0.29, 0.717) is 10.8 Å². The van der Waals surface area contributed by atoms with Crippen molar-refractivity contribution in [3.63, 3.8) is 0 Å². The first kappa shape index (κ1) is 10.5. The largest absolute Gasteiger partial charge is 0.253 e. The molecule has 0 saturated carbocycles. The third kappa shape index (κ3) is 1.71. The average Bonchev–Trinajstić information content (AvgIpc) is 2.72. The van der Waals surface area contributed by atoms with Crippen LogP contribution in [0.1, 0.15) is 6.92 Å². The second-order valence-electron chi connectivity index (χ2n) is 3.02. The molecule has 1 unspecified atom stereocenters. The summed E-state index contributed by atoms with van der Waals surface area (Å²) in [6, 6.07) is 3.43. The van der Waals surface area contributed by atoms with Gasteiger partial charge in [0.25, 0.3) is 10.0 Å². The highest BCUT2D eigenvalue weighted by molar-refractivity contribution is 8.01. The number of rotatable bonds is 2. The Morgan fingerprint density at radius 2 is 2.36 bits per heavy atom. The first-order chi connectivity index (χ1) is 6.62. The zero-order chi connectivity index (χ0) is 10.2. The summed E-state index contributed by atoms with van der Waals surface area (Å²) in [4.78, 5) is 0. The van der Waals surface area contributed by atoms with Crippen molar-refractivity contribution >= 4 is 33.1 Å². The van der Waals surface area contributed by atoms with Gasteiger partial charge in [-0.3, -0.25) is 0 Å². The molecule has 1 saturated heterocycles. The predicted molar refractivity (Wildman–Crippen MR) is 60.1 cm³/mol. The molecule has 2 heterocycles. The van der Waals surface area contributed by atoms with Crippen molar-refractivity contribution in [2.75, 3.05) is 12.3 Å². The van der Waals surface area contributed by atoms with Crippen LogP contribution in [0.3, 0.4) is 0 Å². The third-order valence-corrected chi connectivity index (χ3v) is 6.77. The summed E-state index contributed by atoms with van der Waals surface area (Å²) in [6.45, 7) is 2.56. The lowest BCUT2D eigenvalue weighted by molar-refractivity contribution is 0.443. The maximum atomic E-state index is 12.0. The average molecular weight is 249 g/mol. The van der Waals surface area contributed by atoms with E-state index >= 15 is 0 Å². The summed E-state index contributed by atoms with van der Waals surface area (Å²) < 4.78 is 26.1. The van der Waals surface area contributed by atoms with Gasteiger partial charge in [0, 0.05) is 12.3 Å². The minimum absolute atomic E-state index is 0.0714. The number of thioether (sulfide) groups is 1. The van der Waals surface area contributed by atoms with Crippen molar-refractivity contribution < 1.29 is 8.42 Å². The van der Waals surface area contributed by atoms with Crippen LogP contribution < -0.4 is 0 Å². The zero-order valence-electron chi connectivity index (χ0n) is 7.71. The van der Waals surface area contributed by atoms with Crippen LogP contribution >= 0.6 is 23.1 Å². The molecule has 14 heavy (non-hydrogen) atoms. The SMILES string of the molecule is CC1SCCN1S(=O)(=O)c1cccs1. The van der Waals surface area contributed by atoms with Crippen molar-refractivity contribution in [1.29, 1.82) is 0 Å². The molecule has 0 radical (unpaired) electrons. The van der Waals surface area contributed by atoms with E-state index in [0.717, 1.165) is 5.75 Å². The molecule has 1 aliphatic rings. The zero-order valence-corrected chi connectivity index (χ0v) is 10.2. The fourth-order valence-electron chi connectivity index (χ4n) is 1.42. The van der Waals surface area contributed by atoms with Crippen molar-refractivity contribution in [2.45, 2.75) is 16.5 Å². The van der Waals surface area contributed by atoms with Crippen LogP contribution in [0.15, 0.2) is 21.7 Å². The second-order valence-corrected chi connectivity index (χ2v) is 7.51. The van der Waals surface area contributed by atoms with Gasteiger partial charge in [0.2, 0.25) is 0 Å². The fraction of sp³-hybridized carbons (Fsp3) is 0.500. The minimum atomic E-state index is -3.21. The minimum Gasteiger partial charge on any atom is -0.206 e. The standard InChI is InChI=1S/C8H11NO2S3/c1-7-9(4-6-12-7)14(10,11)8-3-2-5-13-8/h2-3,5,7H,4,6H2,1H3. The van der Waals surface area contributed by atoms with Gasteiger partial charge >= 0.3 is 0 Å². The van der Waals surface area contributed by atoms with Gasteiger partial charge in [-0.05, 0) is 18.4 Å². The molecule has 0 spiro atoms. The van der Waals surface area contributed by atoms with Crippen LogP contribution in [0.5, 0.6) is 0 Å². The Hall–Kier alpha value is -0.0400. The van der Waals surface area contributed by atoms with Crippen molar-refractivity contribution in [1.82, 2.24) is 4.31 Å². The van der Waals surface area contributed by atoms with E-state index in [1.165, 1.54) is 11.3 Å². The Morgan fingerprint density at radius 3 is 2.86 bits per heavy atom. The van der Waals surface area contributed by atoms with Gasteiger partial charge in [0.1, 0.15) is 4.21 Å². The number of sulfonamides is 1. The van der Waals surface area contributed by atoms with Crippen LogP contribution in [-0.4, -0.2) is 30.4 Å². The molecular weight excluding hydrogens is 238 g/mol. The van der Waals surface area contributed by atoms with Crippen molar-refractivity contribution in [3.05, 3.63) is 17.5 Å². The number of hydrogen-bond acceptors (Lipinski definition) is 4. The third-order valence-electron chi connectivity index (χ3n) is 2.13. The highest BCUT2D eigenvalue weighted by Gasteiger charge is 2.33. The van der Waals surface area contributed by atoms with Crippen LogP contribution in [-0.2, 0) is 10.0 Å². The molecule has 78 valence electrons. The summed E-state index contributed by atoms with van der Waals surface area (Å²) >= 11 is 2.96. The van der Waals surface area contributed by atoms with Gasteiger partial charge in [-0.1, -0.05) is 6.07 Å². The lowest BCUT2D eigenvalue weighted by Gasteiger charge is -2.18. The molecule has 0 bridgehead atoms. The lowest BCUT2D eigenvalue weighted by atomic mass is 10.7. The number of hydrogen-bond donors (Lipinski definition) is 0. The Kier molecular flexibility index (Phi) is 2.88. The van der Waals surface area contributed by atoms with Gasteiger partial charge in [-0.25, -0.2) is 8.42 Å². The van der Waals surface area contributed by atoms with Gasteiger partial charge in [-0.2, -0.15) is 4.31 Å². The highest BCUT2D eigenvalue weighted by atomic mass is 32.2. The molecule has 0 N–H and O–H groups in total. The molecule has 3 nitrogen and oxygen atoms in total. The van der Waals surface area contributed by atoms with Gasteiger partial charge < -0.3 is 0 Å². The van der Waals surface area contributed by atoms with Crippen LogP contribution in [0.4, 0.5) is 0 Å². The van der Waals surface area contributed by atoms with E-state index in [4.69, 9.17) is 0 Å². The molecule has 0 amide bonds. The Labute approximate surface area is 92.2 Å². The highest BCUT2D eigenvalue weighted by Crippen LogP contribution is 2.30. The van der Waals surface area contributed by atoms with Crippen LogP contribution in [0.25, 0.3) is 0 Å². The van der Waals surface area contributed by atoms with Gasteiger partial charge in [0.05, 0.1) is 5.37 Å². The molecule has 6 heteroatoms. The second kappa shape index (κ2) is 3.84. The van der Waals surface area contributed by atoms with E-state index in [2.05, 4.69) is 0 Å². The Bertz CT molecular complexity index is 398.